The fourth-order valence-electron chi connectivity index (χ4n) is 1.70. The summed E-state index contributed by atoms with van der Waals surface area (Å²) in [5.41, 5.74) is -0.983. The molecule has 1 heterocycles. The van der Waals surface area contributed by atoms with E-state index in [1.54, 1.807) is 20.8 Å². The number of alkyl carbamates (subject to hydrolysis) is 1. The molecule has 0 radical (unpaired) electrons. The third-order valence-corrected chi connectivity index (χ3v) is 3.47. The lowest BCUT2D eigenvalue weighted by Crippen LogP contribution is -2.57. The van der Waals surface area contributed by atoms with Crippen molar-refractivity contribution in [2.45, 2.75) is 52.7 Å². The maximum atomic E-state index is 12.3. The van der Waals surface area contributed by atoms with E-state index in [9.17, 15) is 9.59 Å². The molecule has 128 valence electrons. The second kappa shape index (κ2) is 7.39. The first-order chi connectivity index (χ1) is 10.5. The molecule has 7 nitrogen and oxygen atoms in total. The van der Waals surface area contributed by atoms with E-state index < -0.39 is 17.2 Å². The Bertz CT molecular complexity index is 540. The van der Waals surface area contributed by atoms with Gasteiger partial charge in [0, 0.05) is 18.9 Å². The molecule has 0 aliphatic rings. The zero-order chi connectivity index (χ0) is 17.7. The summed E-state index contributed by atoms with van der Waals surface area (Å²) in [5, 5.41) is 5.62. The molecule has 2 amide bonds. The van der Waals surface area contributed by atoms with E-state index in [4.69, 9.17) is 4.74 Å². The quantitative estimate of drug-likeness (QED) is 0.866. The molecule has 1 atom stereocenters. The fraction of sp³-hybridized carbons (Fsp3) is 0.625. The molecule has 0 saturated carbocycles. The van der Waals surface area contributed by atoms with E-state index in [1.165, 1.54) is 18.6 Å². The number of ether oxygens (including phenoxy) is 1. The van der Waals surface area contributed by atoms with Gasteiger partial charge in [0.05, 0.1) is 11.7 Å². The number of aromatic nitrogens is 2. The van der Waals surface area contributed by atoms with Crippen molar-refractivity contribution in [2.24, 2.45) is 5.92 Å². The topological polar surface area (TPSA) is 93.2 Å². The Balaban J connectivity index is 2.72. The maximum absolute atomic E-state index is 12.3. The van der Waals surface area contributed by atoms with Gasteiger partial charge in [0.15, 0.2) is 0 Å². The molecule has 0 bridgehead atoms. The van der Waals surface area contributed by atoms with Crippen LogP contribution in [0.15, 0.2) is 18.6 Å². The van der Waals surface area contributed by atoms with Crippen molar-refractivity contribution in [3.63, 3.8) is 0 Å². The van der Waals surface area contributed by atoms with Crippen molar-refractivity contribution in [1.82, 2.24) is 20.6 Å². The lowest BCUT2D eigenvalue weighted by molar-refractivity contribution is 0.0497. The number of nitrogens with zero attached hydrogens (tertiary/aromatic N) is 2. The zero-order valence-corrected chi connectivity index (χ0v) is 14.6. The van der Waals surface area contributed by atoms with Crippen LogP contribution in [0.4, 0.5) is 4.79 Å². The molecule has 7 heteroatoms. The first-order valence-corrected chi connectivity index (χ1v) is 7.59. The van der Waals surface area contributed by atoms with Crippen LogP contribution in [-0.2, 0) is 4.74 Å². The van der Waals surface area contributed by atoms with Crippen molar-refractivity contribution < 1.29 is 14.3 Å². The molecule has 2 N–H and O–H groups in total. The second-order valence-electron chi connectivity index (χ2n) is 6.97. The normalized spacial score (nSPS) is 14.0. The van der Waals surface area contributed by atoms with Crippen LogP contribution in [0.5, 0.6) is 0 Å². The molecule has 0 aliphatic heterocycles. The predicted molar refractivity (Wildman–Crippen MR) is 87.0 cm³/mol. The van der Waals surface area contributed by atoms with Crippen molar-refractivity contribution in [3.8, 4) is 0 Å². The van der Waals surface area contributed by atoms with Crippen molar-refractivity contribution >= 4 is 12.0 Å². The molecule has 1 aromatic heterocycles. The van der Waals surface area contributed by atoms with E-state index in [0.29, 0.717) is 0 Å². The van der Waals surface area contributed by atoms with Crippen LogP contribution in [-0.4, -0.2) is 39.7 Å². The second-order valence-corrected chi connectivity index (χ2v) is 6.97. The summed E-state index contributed by atoms with van der Waals surface area (Å²) < 4.78 is 5.22. The Hall–Kier alpha value is -2.18. The Labute approximate surface area is 137 Å². The van der Waals surface area contributed by atoms with Gasteiger partial charge >= 0.3 is 6.09 Å². The molecule has 0 aliphatic carbocycles. The molecular weight excluding hydrogens is 296 g/mol. The highest BCUT2D eigenvalue weighted by Crippen LogP contribution is 2.17. The minimum absolute atomic E-state index is 0.0815. The number of carbonyl (C=O) groups is 2. The van der Waals surface area contributed by atoms with Crippen molar-refractivity contribution in [2.75, 3.05) is 6.54 Å². The highest BCUT2D eigenvalue weighted by Gasteiger charge is 2.32. The molecule has 0 unspecified atom stereocenters. The number of amides is 2. The molecule has 1 aromatic rings. The van der Waals surface area contributed by atoms with Gasteiger partial charge in [0.1, 0.15) is 11.3 Å². The van der Waals surface area contributed by atoms with Gasteiger partial charge in [-0.25, -0.2) is 9.78 Å². The van der Waals surface area contributed by atoms with Gasteiger partial charge in [-0.3, -0.25) is 9.78 Å². The number of rotatable bonds is 5. The average molecular weight is 322 g/mol. The Morgan fingerprint density at radius 3 is 2.35 bits per heavy atom. The number of hydrogen-bond donors (Lipinski definition) is 2. The summed E-state index contributed by atoms with van der Waals surface area (Å²) in [6.45, 7) is 11.4. The van der Waals surface area contributed by atoms with Crippen LogP contribution in [0.25, 0.3) is 0 Å². The fourth-order valence-corrected chi connectivity index (χ4v) is 1.70. The summed E-state index contributed by atoms with van der Waals surface area (Å²) in [6, 6.07) is 0. The predicted octanol–water partition coefficient (Wildman–Crippen LogP) is 2.15. The minimum Gasteiger partial charge on any atom is -0.444 e. The molecule has 1 rings (SSSR count). The summed E-state index contributed by atoms with van der Waals surface area (Å²) in [6.07, 6.45) is 3.85. The van der Waals surface area contributed by atoms with Crippen LogP contribution >= 0.6 is 0 Å². The van der Waals surface area contributed by atoms with E-state index in [2.05, 4.69) is 20.6 Å². The van der Waals surface area contributed by atoms with E-state index in [0.717, 1.165) is 0 Å². The summed E-state index contributed by atoms with van der Waals surface area (Å²) in [5.74, 6) is -0.252. The van der Waals surface area contributed by atoms with Gasteiger partial charge < -0.3 is 15.4 Å². The van der Waals surface area contributed by atoms with Crippen LogP contribution in [0.3, 0.4) is 0 Å². The third-order valence-electron chi connectivity index (χ3n) is 3.47. The largest absolute Gasteiger partial charge is 0.444 e. The van der Waals surface area contributed by atoms with Crippen LogP contribution in [0.2, 0.25) is 0 Å². The van der Waals surface area contributed by atoms with Gasteiger partial charge in [-0.05, 0) is 33.6 Å². The highest BCUT2D eigenvalue weighted by molar-refractivity contribution is 5.92. The monoisotopic (exact) mass is 322 g/mol. The lowest BCUT2D eigenvalue weighted by Gasteiger charge is -2.35. The Morgan fingerprint density at radius 1 is 1.22 bits per heavy atom. The molecule has 23 heavy (non-hydrogen) atoms. The maximum Gasteiger partial charge on any atom is 0.407 e. The van der Waals surface area contributed by atoms with Crippen LogP contribution < -0.4 is 10.6 Å². The first-order valence-electron chi connectivity index (χ1n) is 7.59. The van der Waals surface area contributed by atoms with Gasteiger partial charge in [0.25, 0.3) is 5.91 Å². The van der Waals surface area contributed by atoms with Crippen molar-refractivity contribution in [3.05, 3.63) is 24.3 Å². The zero-order valence-electron chi connectivity index (χ0n) is 14.6. The lowest BCUT2D eigenvalue weighted by atomic mass is 9.88. The van der Waals surface area contributed by atoms with Gasteiger partial charge in [-0.15, -0.1) is 0 Å². The Morgan fingerprint density at radius 2 is 1.87 bits per heavy atom. The SMILES string of the molecule is CC(C)[C@@](C)(CNC(=O)OC(C)(C)C)NC(=O)c1cnccn1. The molecule has 0 aromatic carbocycles. The number of carbonyl (C=O) groups excluding carboxylic acids is 2. The summed E-state index contributed by atoms with van der Waals surface area (Å²) in [4.78, 5) is 32.0. The number of nitrogens with one attached hydrogen (secondary N) is 2. The molecule has 0 saturated heterocycles. The summed E-state index contributed by atoms with van der Waals surface area (Å²) >= 11 is 0. The van der Waals surface area contributed by atoms with Crippen molar-refractivity contribution in [1.29, 1.82) is 0 Å². The molecular formula is C16H26N4O3. The minimum atomic E-state index is -0.647. The van der Waals surface area contributed by atoms with E-state index in [1.807, 2.05) is 20.8 Å². The van der Waals surface area contributed by atoms with Crippen LogP contribution in [0.1, 0.15) is 52.0 Å². The van der Waals surface area contributed by atoms with Gasteiger partial charge in [0.2, 0.25) is 0 Å². The molecule has 0 spiro atoms. The third kappa shape index (κ3) is 6.22. The standard InChI is InChI=1S/C16H26N4O3/c1-11(2)16(6,10-19-14(22)23-15(3,4)5)20-13(21)12-9-17-7-8-18-12/h7-9,11H,10H2,1-6H3,(H,19,22)(H,20,21)/t16-/m1/s1. The Kier molecular flexibility index (Phi) is 6.06. The summed E-state index contributed by atoms with van der Waals surface area (Å²) in [7, 11) is 0. The number of hydrogen-bond acceptors (Lipinski definition) is 5. The van der Waals surface area contributed by atoms with Crippen LogP contribution in [0, 0.1) is 5.92 Å². The van der Waals surface area contributed by atoms with Gasteiger partial charge in [-0.1, -0.05) is 13.8 Å². The van der Waals surface area contributed by atoms with E-state index in [-0.39, 0.29) is 24.1 Å². The smallest absolute Gasteiger partial charge is 0.407 e. The molecule has 0 fully saturated rings. The van der Waals surface area contributed by atoms with Gasteiger partial charge in [-0.2, -0.15) is 0 Å². The average Bonchev–Trinajstić information content (AvgIpc) is 2.44. The first kappa shape index (κ1) is 18.9. The van der Waals surface area contributed by atoms with E-state index >= 15 is 0 Å². The highest BCUT2D eigenvalue weighted by atomic mass is 16.6.